The topological polar surface area (TPSA) is 69.6 Å². The summed E-state index contributed by atoms with van der Waals surface area (Å²) in [5.41, 5.74) is 0.563. The number of urea groups is 1. The van der Waals surface area contributed by atoms with Gasteiger partial charge in [-0.25, -0.2) is 4.79 Å². The van der Waals surface area contributed by atoms with Crippen molar-refractivity contribution in [1.82, 2.24) is 4.90 Å². The third-order valence-electron chi connectivity index (χ3n) is 3.12. The zero-order valence-corrected chi connectivity index (χ0v) is 11.7. The van der Waals surface area contributed by atoms with Crippen LogP contribution in [0.3, 0.4) is 0 Å². The van der Waals surface area contributed by atoms with Gasteiger partial charge >= 0.3 is 6.03 Å². The number of benzene rings is 1. The molecule has 19 heavy (non-hydrogen) atoms. The Balaban J connectivity index is 2.08. The molecule has 2 unspecified atom stereocenters. The van der Waals surface area contributed by atoms with Crippen molar-refractivity contribution >= 4 is 22.5 Å². The maximum absolute atomic E-state index is 12.1. The van der Waals surface area contributed by atoms with E-state index in [2.05, 4.69) is 5.32 Å². The van der Waals surface area contributed by atoms with Crippen molar-refractivity contribution in [2.45, 2.75) is 23.8 Å². The minimum Gasteiger partial charge on any atom is -0.391 e. The molecular formula is C13H18N2O3S. The number of aliphatic hydroxyl groups is 1. The van der Waals surface area contributed by atoms with E-state index in [9.17, 15) is 14.1 Å². The van der Waals surface area contributed by atoms with Crippen molar-refractivity contribution in [3.05, 3.63) is 24.3 Å². The highest BCUT2D eigenvalue weighted by molar-refractivity contribution is 7.84. The van der Waals surface area contributed by atoms with Crippen LogP contribution in [0.5, 0.6) is 0 Å². The molecule has 2 rings (SSSR count). The van der Waals surface area contributed by atoms with Crippen molar-refractivity contribution in [3.8, 4) is 0 Å². The Bertz CT molecular complexity index is 493. The van der Waals surface area contributed by atoms with Crippen LogP contribution < -0.4 is 5.32 Å². The van der Waals surface area contributed by atoms with Crippen LogP contribution in [0.4, 0.5) is 10.5 Å². The zero-order chi connectivity index (χ0) is 13.8. The lowest BCUT2D eigenvalue weighted by Gasteiger charge is -2.30. The van der Waals surface area contributed by atoms with Gasteiger partial charge in [-0.15, -0.1) is 0 Å². The fraction of sp³-hybridized carbons (Fsp3) is 0.462. The lowest BCUT2D eigenvalue weighted by molar-refractivity contribution is 0.0883. The highest BCUT2D eigenvalue weighted by Gasteiger charge is 2.22. The summed E-state index contributed by atoms with van der Waals surface area (Å²) in [6, 6.07) is 6.79. The maximum atomic E-state index is 12.1. The van der Waals surface area contributed by atoms with E-state index in [4.69, 9.17) is 0 Å². The predicted molar refractivity (Wildman–Crippen MR) is 74.6 cm³/mol. The van der Waals surface area contributed by atoms with Crippen molar-refractivity contribution < 1.29 is 14.1 Å². The number of β-amino-alcohol motifs (C(OH)–C–C–N with tert-alkyl or cyclic N) is 1. The molecule has 1 saturated heterocycles. The molecular weight excluding hydrogens is 264 g/mol. The number of piperidine rings is 1. The Hall–Kier alpha value is -1.40. The molecule has 104 valence electrons. The van der Waals surface area contributed by atoms with Gasteiger partial charge in [-0.2, -0.15) is 0 Å². The van der Waals surface area contributed by atoms with Gasteiger partial charge in [0.2, 0.25) is 0 Å². The highest BCUT2D eigenvalue weighted by atomic mass is 32.2. The van der Waals surface area contributed by atoms with Crippen molar-refractivity contribution in [3.63, 3.8) is 0 Å². The first-order valence-electron chi connectivity index (χ1n) is 6.24. The van der Waals surface area contributed by atoms with Crippen LogP contribution in [0.25, 0.3) is 0 Å². The van der Waals surface area contributed by atoms with E-state index in [1.54, 1.807) is 35.4 Å². The fourth-order valence-electron chi connectivity index (χ4n) is 2.15. The number of nitrogens with one attached hydrogen (secondary N) is 1. The van der Waals surface area contributed by atoms with Gasteiger partial charge in [-0.3, -0.25) is 4.21 Å². The molecule has 0 aliphatic carbocycles. The fourth-order valence-corrected chi connectivity index (χ4v) is 2.85. The molecule has 1 aliphatic rings. The predicted octanol–water partition coefficient (Wildman–Crippen LogP) is 1.41. The molecule has 0 bridgehead atoms. The number of rotatable bonds is 2. The summed E-state index contributed by atoms with van der Waals surface area (Å²) in [5, 5.41) is 12.3. The average Bonchev–Trinajstić information content (AvgIpc) is 2.39. The number of para-hydroxylation sites is 1. The number of likely N-dealkylation sites (tertiary alicyclic amines) is 1. The summed E-state index contributed by atoms with van der Waals surface area (Å²) in [6.45, 7) is 0.990. The quantitative estimate of drug-likeness (QED) is 0.861. The first-order chi connectivity index (χ1) is 9.08. The van der Waals surface area contributed by atoms with E-state index in [1.165, 1.54) is 0 Å². The Morgan fingerprint density at radius 2 is 2.21 bits per heavy atom. The lowest BCUT2D eigenvalue weighted by Crippen LogP contribution is -2.44. The zero-order valence-electron chi connectivity index (χ0n) is 10.8. The molecule has 5 nitrogen and oxygen atoms in total. The molecule has 0 radical (unpaired) electrons. The number of hydrogen-bond donors (Lipinski definition) is 2. The molecule has 1 aliphatic heterocycles. The van der Waals surface area contributed by atoms with E-state index >= 15 is 0 Å². The molecule has 1 aromatic carbocycles. The third-order valence-corrected chi connectivity index (χ3v) is 4.10. The van der Waals surface area contributed by atoms with E-state index < -0.39 is 16.9 Å². The number of nitrogens with zero attached hydrogens (tertiary/aromatic N) is 1. The van der Waals surface area contributed by atoms with Gasteiger partial charge in [-0.05, 0) is 25.0 Å². The number of carbonyl (C=O) groups excluding carboxylic acids is 1. The minimum atomic E-state index is -1.15. The summed E-state index contributed by atoms with van der Waals surface area (Å²) in [5.74, 6) is 0. The van der Waals surface area contributed by atoms with Crippen LogP contribution in [-0.2, 0) is 10.8 Å². The van der Waals surface area contributed by atoms with Crippen LogP contribution in [0, 0.1) is 0 Å². The van der Waals surface area contributed by atoms with Crippen LogP contribution in [-0.4, -0.2) is 45.7 Å². The largest absolute Gasteiger partial charge is 0.391 e. The maximum Gasteiger partial charge on any atom is 0.321 e. The third kappa shape index (κ3) is 3.54. The molecule has 1 aromatic rings. The second kappa shape index (κ2) is 6.16. The molecule has 6 heteroatoms. The van der Waals surface area contributed by atoms with E-state index in [1.807, 2.05) is 0 Å². The van der Waals surface area contributed by atoms with Gasteiger partial charge in [0.15, 0.2) is 0 Å². The first kappa shape index (κ1) is 14.0. The van der Waals surface area contributed by atoms with E-state index in [-0.39, 0.29) is 6.03 Å². The summed E-state index contributed by atoms with van der Waals surface area (Å²) < 4.78 is 11.6. The lowest BCUT2D eigenvalue weighted by atomic mass is 10.1. The summed E-state index contributed by atoms with van der Waals surface area (Å²) >= 11 is 0. The number of aliphatic hydroxyl groups excluding tert-OH is 1. The Morgan fingerprint density at radius 1 is 1.47 bits per heavy atom. The number of carbonyl (C=O) groups is 1. The summed E-state index contributed by atoms with van der Waals surface area (Å²) in [4.78, 5) is 14.3. The molecule has 0 spiro atoms. The number of amides is 2. The van der Waals surface area contributed by atoms with Crippen LogP contribution in [0.1, 0.15) is 12.8 Å². The van der Waals surface area contributed by atoms with Crippen LogP contribution >= 0.6 is 0 Å². The standard InChI is InChI=1S/C13H18N2O3S/c1-19(18)12-7-3-2-6-11(12)14-13(17)15-8-4-5-10(16)9-15/h2-3,6-7,10,16H,4-5,8-9H2,1H3,(H,14,17). The van der Waals surface area contributed by atoms with Crippen LogP contribution in [0.2, 0.25) is 0 Å². The first-order valence-corrected chi connectivity index (χ1v) is 7.80. The molecule has 0 aromatic heterocycles. The van der Waals surface area contributed by atoms with Gasteiger partial charge in [0.1, 0.15) is 0 Å². The smallest absolute Gasteiger partial charge is 0.321 e. The van der Waals surface area contributed by atoms with Gasteiger partial charge in [-0.1, -0.05) is 12.1 Å². The Morgan fingerprint density at radius 3 is 2.89 bits per heavy atom. The minimum absolute atomic E-state index is 0.253. The van der Waals surface area contributed by atoms with Gasteiger partial charge < -0.3 is 15.3 Å². The molecule has 1 fully saturated rings. The second-order valence-corrected chi connectivity index (χ2v) is 5.97. The monoisotopic (exact) mass is 282 g/mol. The van der Waals surface area contributed by atoms with Crippen LogP contribution in [0.15, 0.2) is 29.2 Å². The molecule has 2 amide bonds. The number of anilines is 1. The van der Waals surface area contributed by atoms with Crippen molar-refractivity contribution in [2.75, 3.05) is 24.7 Å². The molecule has 0 saturated carbocycles. The highest BCUT2D eigenvalue weighted by Crippen LogP contribution is 2.19. The Kier molecular flexibility index (Phi) is 4.55. The number of hydrogen-bond acceptors (Lipinski definition) is 3. The Labute approximate surface area is 115 Å². The molecule has 2 atom stereocenters. The van der Waals surface area contributed by atoms with Gasteiger partial charge in [0.05, 0.1) is 27.5 Å². The van der Waals surface area contributed by atoms with Crippen molar-refractivity contribution in [1.29, 1.82) is 0 Å². The van der Waals surface area contributed by atoms with E-state index in [0.29, 0.717) is 23.7 Å². The normalized spacial score (nSPS) is 20.9. The van der Waals surface area contributed by atoms with Gasteiger partial charge in [0, 0.05) is 19.3 Å². The van der Waals surface area contributed by atoms with Crippen molar-refractivity contribution in [2.24, 2.45) is 0 Å². The SMILES string of the molecule is CS(=O)c1ccccc1NC(=O)N1CCCC(O)C1. The molecule has 1 heterocycles. The second-order valence-electron chi connectivity index (χ2n) is 4.62. The van der Waals surface area contributed by atoms with E-state index in [0.717, 1.165) is 12.8 Å². The average molecular weight is 282 g/mol. The summed E-state index contributed by atoms with van der Waals surface area (Å²) in [7, 11) is -1.15. The summed E-state index contributed by atoms with van der Waals surface area (Å²) in [6.07, 6.45) is 2.67. The van der Waals surface area contributed by atoms with Gasteiger partial charge in [0.25, 0.3) is 0 Å². The molecule has 2 N–H and O–H groups in total.